The maximum Gasteiger partial charge on any atom is 0.250 e. The van der Waals surface area contributed by atoms with E-state index in [2.05, 4.69) is 10.2 Å². The number of carbonyl (C=O) groups is 1. The standard InChI is InChI=1S/C11H11ClN2O/c1-14-9-3-2-7(12)6-8(9)13-10(15)11(14)4-5-11/h2-3,6H,4-5H2,1H3,(H,13,15). The van der Waals surface area contributed by atoms with Gasteiger partial charge in [0.2, 0.25) is 5.91 Å². The van der Waals surface area contributed by atoms with E-state index < -0.39 is 0 Å². The lowest BCUT2D eigenvalue weighted by Crippen LogP contribution is -2.48. The Morgan fingerprint density at radius 1 is 1.47 bits per heavy atom. The van der Waals surface area contributed by atoms with Crippen LogP contribution in [0.1, 0.15) is 12.8 Å². The van der Waals surface area contributed by atoms with Crippen LogP contribution >= 0.6 is 11.6 Å². The molecule has 4 heteroatoms. The van der Waals surface area contributed by atoms with Gasteiger partial charge in [0.25, 0.3) is 0 Å². The molecular weight excluding hydrogens is 212 g/mol. The van der Waals surface area contributed by atoms with Gasteiger partial charge in [0.05, 0.1) is 11.4 Å². The number of nitrogens with one attached hydrogen (secondary N) is 1. The lowest BCUT2D eigenvalue weighted by molar-refractivity contribution is -0.118. The van der Waals surface area contributed by atoms with Crippen molar-refractivity contribution in [2.24, 2.45) is 0 Å². The molecular formula is C11H11ClN2O. The van der Waals surface area contributed by atoms with E-state index in [1.807, 2.05) is 19.2 Å². The SMILES string of the molecule is CN1c2ccc(Cl)cc2NC(=O)C12CC2. The number of nitrogens with zero attached hydrogens (tertiary/aromatic N) is 1. The fraction of sp³-hybridized carbons (Fsp3) is 0.364. The molecule has 0 radical (unpaired) electrons. The van der Waals surface area contributed by atoms with Crippen LogP contribution in [0.5, 0.6) is 0 Å². The van der Waals surface area contributed by atoms with E-state index in [4.69, 9.17) is 11.6 Å². The van der Waals surface area contributed by atoms with Gasteiger partial charge in [0.1, 0.15) is 5.54 Å². The summed E-state index contributed by atoms with van der Waals surface area (Å²) in [4.78, 5) is 13.9. The van der Waals surface area contributed by atoms with Gasteiger partial charge in [-0.05, 0) is 31.0 Å². The van der Waals surface area contributed by atoms with Crippen LogP contribution in [0.15, 0.2) is 18.2 Å². The minimum atomic E-state index is -0.277. The Bertz CT molecular complexity index is 454. The largest absolute Gasteiger partial charge is 0.358 e. The van der Waals surface area contributed by atoms with Gasteiger partial charge in [0.15, 0.2) is 0 Å². The molecule has 1 N–H and O–H groups in total. The summed E-state index contributed by atoms with van der Waals surface area (Å²) in [5.74, 6) is 0.0970. The average Bonchev–Trinajstić information content (AvgIpc) is 2.96. The van der Waals surface area contributed by atoms with Gasteiger partial charge in [-0.1, -0.05) is 11.6 Å². The van der Waals surface area contributed by atoms with E-state index >= 15 is 0 Å². The van der Waals surface area contributed by atoms with Gasteiger partial charge in [-0.3, -0.25) is 4.79 Å². The molecule has 1 amide bonds. The molecule has 1 aliphatic heterocycles. The number of benzene rings is 1. The molecule has 1 fully saturated rings. The number of hydrogen-bond donors (Lipinski definition) is 1. The third kappa shape index (κ3) is 1.10. The normalized spacial score (nSPS) is 21.2. The number of hydrogen-bond acceptors (Lipinski definition) is 2. The third-order valence-electron chi connectivity index (χ3n) is 3.36. The van der Waals surface area contributed by atoms with Gasteiger partial charge in [-0.15, -0.1) is 0 Å². The second-order valence-electron chi connectivity index (χ2n) is 4.21. The van der Waals surface area contributed by atoms with Crippen molar-refractivity contribution < 1.29 is 4.79 Å². The van der Waals surface area contributed by atoms with Crippen LogP contribution in [-0.4, -0.2) is 18.5 Å². The van der Waals surface area contributed by atoms with Crippen molar-refractivity contribution >= 4 is 28.9 Å². The summed E-state index contributed by atoms with van der Waals surface area (Å²) >= 11 is 5.89. The zero-order valence-corrected chi connectivity index (χ0v) is 9.14. The van der Waals surface area contributed by atoms with E-state index in [0.29, 0.717) is 5.02 Å². The first-order chi connectivity index (χ1) is 7.13. The highest BCUT2D eigenvalue weighted by atomic mass is 35.5. The molecule has 0 saturated heterocycles. The summed E-state index contributed by atoms with van der Waals surface area (Å²) in [5.41, 5.74) is 1.59. The maximum absolute atomic E-state index is 11.9. The summed E-state index contributed by atoms with van der Waals surface area (Å²) in [6.45, 7) is 0. The highest BCUT2D eigenvalue weighted by Crippen LogP contribution is 2.49. The van der Waals surface area contributed by atoms with Crippen molar-refractivity contribution in [3.8, 4) is 0 Å². The van der Waals surface area contributed by atoms with Crippen molar-refractivity contribution in [2.75, 3.05) is 17.3 Å². The molecule has 1 saturated carbocycles. The minimum Gasteiger partial charge on any atom is -0.358 e. The monoisotopic (exact) mass is 222 g/mol. The first-order valence-electron chi connectivity index (χ1n) is 4.98. The van der Waals surface area contributed by atoms with Crippen LogP contribution in [-0.2, 0) is 4.79 Å². The molecule has 1 heterocycles. The fourth-order valence-electron chi connectivity index (χ4n) is 2.20. The van der Waals surface area contributed by atoms with Crippen LogP contribution < -0.4 is 10.2 Å². The Hall–Kier alpha value is -1.22. The minimum absolute atomic E-state index is 0.0970. The number of carbonyl (C=O) groups excluding carboxylic acids is 1. The molecule has 0 atom stereocenters. The van der Waals surface area contributed by atoms with E-state index in [-0.39, 0.29) is 11.4 Å². The van der Waals surface area contributed by atoms with E-state index in [9.17, 15) is 4.79 Å². The highest BCUT2D eigenvalue weighted by molar-refractivity contribution is 6.31. The highest BCUT2D eigenvalue weighted by Gasteiger charge is 2.55. The van der Waals surface area contributed by atoms with Gasteiger partial charge < -0.3 is 10.2 Å². The van der Waals surface area contributed by atoms with Gasteiger partial charge in [-0.25, -0.2) is 0 Å². The predicted molar refractivity (Wildman–Crippen MR) is 60.4 cm³/mol. The molecule has 3 rings (SSSR count). The van der Waals surface area contributed by atoms with Crippen LogP contribution in [0.4, 0.5) is 11.4 Å². The Balaban J connectivity index is 2.13. The Kier molecular flexibility index (Phi) is 1.61. The van der Waals surface area contributed by atoms with Gasteiger partial charge in [0, 0.05) is 12.1 Å². The number of halogens is 1. The van der Waals surface area contributed by atoms with Gasteiger partial charge in [-0.2, -0.15) is 0 Å². The lowest BCUT2D eigenvalue weighted by atomic mass is 10.1. The zero-order chi connectivity index (χ0) is 10.6. The zero-order valence-electron chi connectivity index (χ0n) is 8.38. The van der Waals surface area contributed by atoms with Gasteiger partial charge >= 0.3 is 0 Å². The average molecular weight is 223 g/mol. The molecule has 3 nitrogen and oxygen atoms in total. The third-order valence-corrected chi connectivity index (χ3v) is 3.59. The molecule has 1 spiro atoms. The van der Waals surface area contributed by atoms with Crippen molar-refractivity contribution in [2.45, 2.75) is 18.4 Å². The number of fused-ring (bicyclic) bond motifs is 1. The first kappa shape index (κ1) is 9.04. The van der Waals surface area contributed by atoms with Crippen LogP contribution in [0.25, 0.3) is 0 Å². The number of likely N-dealkylation sites (N-methyl/N-ethyl adjacent to an activating group) is 1. The van der Waals surface area contributed by atoms with Crippen molar-refractivity contribution in [1.82, 2.24) is 0 Å². The summed E-state index contributed by atoms with van der Waals surface area (Å²) in [5, 5.41) is 3.57. The van der Waals surface area contributed by atoms with E-state index in [1.54, 1.807) is 6.07 Å². The quantitative estimate of drug-likeness (QED) is 0.730. The van der Waals surface area contributed by atoms with E-state index in [1.165, 1.54) is 0 Å². The molecule has 0 aromatic heterocycles. The van der Waals surface area contributed by atoms with Crippen LogP contribution in [0, 0.1) is 0 Å². The second kappa shape index (κ2) is 2.67. The van der Waals surface area contributed by atoms with Crippen molar-refractivity contribution in [3.63, 3.8) is 0 Å². The molecule has 1 aliphatic carbocycles. The van der Waals surface area contributed by atoms with Crippen LogP contribution in [0.3, 0.4) is 0 Å². The Morgan fingerprint density at radius 2 is 2.20 bits per heavy atom. The maximum atomic E-state index is 11.9. The molecule has 2 aliphatic rings. The predicted octanol–water partition coefficient (Wildman–Crippen LogP) is 2.26. The second-order valence-corrected chi connectivity index (χ2v) is 4.64. The molecule has 0 bridgehead atoms. The summed E-state index contributed by atoms with van der Waals surface area (Å²) < 4.78 is 0. The lowest BCUT2D eigenvalue weighted by Gasteiger charge is -2.35. The molecule has 1 aromatic carbocycles. The van der Waals surface area contributed by atoms with Crippen molar-refractivity contribution in [3.05, 3.63) is 23.2 Å². The summed E-state index contributed by atoms with van der Waals surface area (Å²) in [6, 6.07) is 5.60. The van der Waals surface area contributed by atoms with Crippen LogP contribution in [0.2, 0.25) is 5.02 Å². The summed E-state index contributed by atoms with van der Waals surface area (Å²) in [7, 11) is 1.97. The number of amides is 1. The fourth-order valence-corrected chi connectivity index (χ4v) is 2.38. The molecule has 1 aromatic rings. The Labute approximate surface area is 93.0 Å². The van der Waals surface area contributed by atoms with Crippen molar-refractivity contribution in [1.29, 1.82) is 0 Å². The first-order valence-corrected chi connectivity index (χ1v) is 5.36. The van der Waals surface area contributed by atoms with E-state index in [0.717, 1.165) is 24.2 Å². The molecule has 78 valence electrons. The summed E-state index contributed by atoms with van der Waals surface area (Å²) in [6.07, 6.45) is 1.88. The topological polar surface area (TPSA) is 32.3 Å². The Morgan fingerprint density at radius 3 is 2.87 bits per heavy atom. The smallest absolute Gasteiger partial charge is 0.250 e. The number of anilines is 2. The number of rotatable bonds is 0. The molecule has 15 heavy (non-hydrogen) atoms. The molecule has 0 unspecified atom stereocenters.